The Balaban J connectivity index is 2.49. The highest BCUT2D eigenvalue weighted by Crippen LogP contribution is 2.15. The molecule has 0 aliphatic heterocycles. The molecule has 0 fully saturated rings. The zero-order chi connectivity index (χ0) is 11.1. The molecule has 0 spiro atoms. The summed E-state index contributed by atoms with van der Waals surface area (Å²) in [7, 11) is 0. The van der Waals surface area contributed by atoms with Crippen LogP contribution in [0.15, 0.2) is 18.2 Å². The van der Waals surface area contributed by atoms with Gasteiger partial charge in [-0.2, -0.15) is 5.26 Å². The van der Waals surface area contributed by atoms with Crippen molar-refractivity contribution in [2.75, 3.05) is 19.7 Å². The summed E-state index contributed by atoms with van der Waals surface area (Å²) in [4.78, 5) is 0. The number of hydrogen-bond donors (Lipinski definition) is 1. The fourth-order valence-corrected chi connectivity index (χ4v) is 1.09. The smallest absolute Gasteiger partial charge is 0.144 e. The van der Waals surface area contributed by atoms with Crippen molar-refractivity contribution in [2.24, 2.45) is 0 Å². The van der Waals surface area contributed by atoms with Gasteiger partial charge in [0.15, 0.2) is 0 Å². The molecule has 0 heterocycles. The number of nitriles is 1. The van der Waals surface area contributed by atoms with E-state index in [4.69, 9.17) is 10.00 Å². The number of benzene rings is 1. The maximum absolute atomic E-state index is 13.1. The van der Waals surface area contributed by atoms with Crippen LogP contribution in [0.3, 0.4) is 0 Å². The standard InChI is InChI=1S/C11H13FN2O/c1-2-14-5-6-15-10-4-3-9(8-13)11(12)7-10/h3-4,7,14H,2,5-6H2,1H3. The fraction of sp³-hybridized carbons (Fsp3) is 0.364. The molecule has 0 saturated heterocycles. The molecule has 3 nitrogen and oxygen atoms in total. The molecule has 0 aliphatic rings. The lowest BCUT2D eigenvalue weighted by atomic mass is 10.2. The molecule has 4 heteroatoms. The Morgan fingerprint density at radius 1 is 1.53 bits per heavy atom. The molecule has 0 aromatic heterocycles. The Kier molecular flexibility index (Phi) is 4.58. The summed E-state index contributed by atoms with van der Waals surface area (Å²) in [5.74, 6) is -0.0946. The lowest BCUT2D eigenvalue weighted by Crippen LogP contribution is -2.20. The number of rotatable bonds is 5. The van der Waals surface area contributed by atoms with Crippen molar-refractivity contribution in [1.82, 2.24) is 5.32 Å². The van der Waals surface area contributed by atoms with Gasteiger partial charge < -0.3 is 10.1 Å². The number of halogens is 1. The van der Waals surface area contributed by atoms with E-state index in [1.165, 1.54) is 12.1 Å². The molecular weight excluding hydrogens is 195 g/mol. The van der Waals surface area contributed by atoms with E-state index >= 15 is 0 Å². The van der Waals surface area contributed by atoms with E-state index < -0.39 is 5.82 Å². The van der Waals surface area contributed by atoms with Crippen molar-refractivity contribution in [1.29, 1.82) is 5.26 Å². The monoisotopic (exact) mass is 208 g/mol. The highest BCUT2D eigenvalue weighted by atomic mass is 19.1. The summed E-state index contributed by atoms with van der Waals surface area (Å²) in [5.41, 5.74) is 0.0361. The quantitative estimate of drug-likeness (QED) is 0.749. The van der Waals surface area contributed by atoms with Gasteiger partial charge >= 0.3 is 0 Å². The van der Waals surface area contributed by atoms with Crippen LogP contribution in [-0.2, 0) is 0 Å². The Labute approximate surface area is 88.5 Å². The molecule has 0 bridgehead atoms. The van der Waals surface area contributed by atoms with Gasteiger partial charge in [-0.25, -0.2) is 4.39 Å². The third-order valence-electron chi connectivity index (χ3n) is 1.86. The molecule has 1 rings (SSSR count). The molecule has 0 saturated carbocycles. The highest BCUT2D eigenvalue weighted by molar-refractivity contribution is 5.36. The number of likely N-dealkylation sites (N-methyl/N-ethyl adjacent to an activating group) is 1. The minimum atomic E-state index is -0.543. The molecule has 0 aliphatic carbocycles. The Hall–Kier alpha value is -1.60. The van der Waals surface area contributed by atoms with Crippen molar-refractivity contribution in [2.45, 2.75) is 6.92 Å². The van der Waals surface area contributed by atoms with Gasteiger partial charge in [0, 0.05) is 12.6 Å². The summed E-state index contributed by atoms with van der Waals surface area (Å²) >= 11 is 0. The van der Waals surface area contributed by atoms with Crippen LogP contribution in [0, 0.1) is 17.1 Å². The summed E-state index contributed by atoms with van der Waals surface area (Å²) in [6, 6.07) is 5.99. The minimum Gasteiger partial charge on any atom is -0.492 e. The van der Waals surface area contributed by atoms with E-state index in [0.717, 1.165) is 13.1 Å². The van der Waals surface area contributed by atoms with Crippen LogP contribution >= 0.6 is 0 Å². The first-order chi connectivity index (χ1) is 7.27. The average Bonchev–Trinajstić information content (AvgIpc) is 2.25. The second-order valence-corrected chi connectivity index (χ2v) is 2.96. The largest absolute Gasteiger partial charge is 0.492 e. The van der Waals surface area contributed by atoms with Crippen LogP contribution in [0.25, 0.3) is 0 Å². The molecule has 1 N–H and O–H groups in total. The van der Waals surface area contributed by atoms with Crippen molar-refractivity contribution >= 4 is 0 Å². The molecule has 0 atom stereocenters. The van der Waals surface area contributed by atoms with E-state index in [-0.39, 0.29) is 5.56 Å². The normalized spacial score (nSPS) is 9.67. The lowest BCUT2D eigenvalue weighted by Gasteiger charge is -2.06. The number of nitrogens with one attached hydrogen (secondary N) is 1. The van der Waals surface area contributed by atoms with Crippen molar-refractivity contribution in [3.63, 3.8) is 0 Å². The maximum Gasteiger partial charge on any atom is 0.144 e. The van der Waals surface area contributed by atoms with Crippen LogP contribution in [-0.4, -0.2) is 19.7 Å². The van der Waals surface area contributed by atoms with E-state index in [2.05, 4.69) is 5.32 Å². The Morgan fingerprint density at radius 3 is 2.93 bits per heavy atom. The van der Waals surface area contributed by atoms with Crippen LogP contribution in [0.4, 0.5) is 4.39 Å². The Morgan fingerprint density at radius 2 is 2.33 bits per heavy atom. The molecule has 15 heavy (non-hydrogen) atoms. The molecular formula is C11H13FN2O. The summed E-state index contributed by atoms with van der Waals surface area (Å²) in [6.45, 7) is 4.09. The molecule has 80 valence electrons. The van der Waals surface area contributed by atoms with Gasteiger partial charge in [0.05, 0.1) is 5.56 Å². The predicted molar refractivity (Wildman–Crippen MR) is 55.2 cm³/mol. The van der Waals surface area contributed by atoms with Gasteiger partial charge in [0.2, 0.25) is 0 Å². The average molecular weight is 208 g/mol. The van der Waals surface area contributed by atoms with Crippen LogP contribution in [0.2, 0.25) is 0 Å². The highest BCUT2D eigenvalue weighted by Gasteiger charge is 2.02. The molecule has 0 unspecified atom stereocenters. The van der Waals surface area contributed by atoms with Crippen LogP contribution in [0.1, 0.15) is 12.5 Å². The van der Waals surface area contributed by atoms with Crippen LogP contribution in [0.5, 0.6) is 5.75 Å². The molecule has 1 aromatic rings. The van der Waals surface area contributed by atoms with Crippen molar-refractivity contribution in [3.8, 4) is 11.8 Å². The number of ether oxygens (including phenoxy) is 1. The lowest BCUT2D eigenvalue weighted by molar-refractivity contribution is 0.314. The van der Waals surface area contributed by atoms with Gasteiger partial charge in [-0.1, -0.05) is 6.92 Å². The molecule has 0 radical (unpaired) electrons. The third kappa shape index (κ3) is 3.56. The first-order valence-corrected chi connectivity index (χ1v) is 4.81. The summed E-state index contributed by atoms with van der Waals surface area (Å²) < 4.78 is 18.4. The molecule has 0 amide bonds. The third-order valence-corrected chi connectivity index (χ3v) is 1.86. The zero-order valence-electron chi connectivity index (χ0n) is 8.59. The second kappa shape index (κ2) is 5.99. The van der Waals surface area contributed by atoms with E-state index in [0.29, 0.717) is 12.4 Å². The molecule has 1 aromatic carbocycles. The summed E-state index contributed by atoms with van der Waals surface area (Å²) in [5, 5.41) is 11.6. The minimum absolute atomic E-state index is 0.0361. The van der Waals surface area contributed by atoms with Gasteiger partial charge in [-0.05, 0) is 18.7 Å². The van der Waals surface area contributed by atoms with Gasteiger partial charge in [0.1, 0.15) is 24.2 Å². The number of nitrogens with zero attached hydrogens (tertiary/aromatic N) is 1. The first-order valence-electron chi connectivity index (χ1n) is 4.81. The number of hydrogen-bond acceptors (Lipinski definition) is 3. The fourth-order valence-electron chi connectivity index (χ4n) is 1.09. The van der Waals surface area contributed by atoms with Crippen LogP contribution < -0.4 is 10.1 Å². The first kappa shape index (κ1) is 11.5. The predicted octanol–water partition coefficient (Wildman–Crippen LogP) is 1.69. The SMILES string of the molecule is CCNCCOc1ccc(C#N)c(F)c1. The van der Waals surface area contributed by atoms with E-state index in [1.807, 2.05) is 6.92 Å². The zero-order valence-corrected chi connectivity index (χ0v) is 8.59. The van der Waals surface area contributed by atoms with Gasteiger partial charge in [-0.15, -0.1) is 0 Å². The topological polar surface area (TPSA) is 45.0 Å². The van der Waals surface area contributed by atoms with Gasteiger partial charge in [-0.3, -0.25) is 0 Å². The second-order valence-electron chi connectivity index (χ2n) is 2.96. The summed E-state index contributed by atoms with van der Waals surface area (Å²) in [6.07, 6.45) is 0. The van der Waals surface area contributed by atoms with E-state index in [1.54, 1.807) is 12.1 Å². The maximum atomic E-state index is 13.1. The van der Waals surface area contributed by atoms with Gasteiger partial charge in [0.25, 0.3) is 0 Å². The van der Waals surface area contributed by atoms with Crippen molar-refractivity contribution < 1.29 is 9.13 Å². The Bertz CT molecular complexity index is 360. The van der Waals surface area contributed by atoms with Crippen molar-refractivity contribution in [3.05, 3.63) is 29.6 Å². The van der Waals surface area contributed by atoms with E-state index in [9.17, 15) is 4.39 Å².